The number of rotatable bonds is 4. The second kappa shape index (κ2) is 6.28. The van der Waals surface area contributed by atoms with E-state index >= 15 is 0 Å². The molecule has 2 heterocycles. The van der Waals surface area contributed by atoms with Crippen LogP contribution in [0.15, 0.2) is 36.7 Å². The number of hydrogen-bond donors (Lipinski definition) is 1. The van der Waals surface area contributed by atoms with Crippen molar-refractivity contribution in [2.75, 3.05) is 13.2 Å². The van der Waals surface area contributed by atoms with Gasteiger partial charge in [0, 0.05) is 24.4 Å². The zero-order valence-electron chi connectivity index (χ0n) is 11.5. The van der Waals surface area contributed by atoms with Crippen LogP contribution in [0.4, 0.5) is 0 Å². The smallest absolute Gasteiger partial charge is 0.254 e. The second-order valence-electron chi connectivity index (χ2n) is 5.00. The van der Waals surface area contributed by atoms with Gasteiger partial charge in [0.05, 0.1) is 23.6 Å². The van der Waals surface area contributed by atoms with Crippen molar-refractivity contribution in [3.8, 4) is 5.69 Å². The van der Waals surface area contributed by atoms with Crippen molar-refractivity contribution in [3.63, 3.8) is 0 Å². The first-order valence-electron chi connectivity index (χ1n) is 6.93. The number of ether oxygens (including phenoxy) is 1. The fourth-order valence-corrected chi connectivity index (χ4v) is 2.42. The van der Waals surface area contributed by atoms with Crippen LogP contribution in [0.1, 0.15) is 23.2 Å². The molecular weight excluding hydrogens is 290 g/mol. The highest BCUT2D eigenvalue weighted by molar-refractivity contribution is 6.30. The summed E-state index contributed by atoms with van der Waals surface area (Å²) in [5.41, 5.74) is 1.39. The number of amides is 1. The average Bonchev–Trinajstić information content (AvgIpc) is 3.17. The van der Waals surface area contributed by atoms with E-state index in [1.807, 2.05) is 12.1 Å². The van der Waals surface area contributed by atoms with Crippen LogP contribution < -0.4 is 5.32 Å². The van der Waals surface area contributed by atoms with Gasteiger partial charge in [-0.05, 0) is 37.1 Å². The maximum absolute atomic E-state index is 12.1. The van der Waals surface area contributed by atoms with Gasteiger partial charge in [0.2, 0.25) is 0 Å². The molecule has 1 N–H and O–H groups in total. The van der Waals surface area contributed by atoms with Gasteiger partial charge in [-0.1, -0.05) is 11.6 Å². The molecule has 3 rings (SSSR count). The third-order valence-electron chi connectivity index (χ3n) is 3.45. The number of aromatic nitrogens is 2. The summed E-state index contributed by atoms with van der Waals surface area (Å²) >= 11 is 5.85. The molecule has 1 saturated heterocycles. The number of carbonyl (C=O) groups excluding carboxylic acids is 1. The van der Waals surface area contributed by atoms with Crippen molar-refractivity contribution >= 4 is 17.5 Å². The van der Waals surface area contributed by atoms with Gasteiger partial charge in [0.25, 0.3) is 5.91 Å². The van der Waals surface area contributed by atoms with Crippen LogP contribution in [0.3, 0.4) is 0 Å². The van der Waals surface area contributed by atoms with Gasteiger partial charge in [-0.3, -0.25) is 4.79 Å². The molecule has 0 radical (unpaired) electrons. The second-order valence-corrected chi connectivity index (χ2v) is 5.43. The summed E-state index contributed by atoms with van der Waals surface area (Å²) in [4.78, 5) is 12.1. The monoisotopic (exact) mass is 305 g/mol. The van der Waals surface area contributed by atoms with Crippen molar-refractivity contribution in [1.82, 2.24) is 15.1 Å². The average molecular weight is 306 g/mol. The Morgan fingerprint density at radius 3 is 2.95 bits per heavy atom. The zero-order chi connectivity index (χ0) is 14.7. The molecule has 1 atom stereocenters. The minimum absolute atomic E-state index is 0.134. The Hall–Kier alpha value is -1.85. The van der Waals surface area contributed by atoms with Crippen molar-refractivity contribution < 1.29 is 9.53 Å². The zero-order valence-corrected chi connectivity index (χ0v) is 12.2. The van der Waals surface area contributed by atoms with E-state index in [1.54, 1.807) is 29.2 Å². The van der Waals surface area contributed by atoms with Crippen molar-refractivity contribution in [3.05, 3.63) is 47.2 Å². The molecule has 1 aliphatic rings. The molecule has 6 heteroatoms. The molecule has 0 bridgehead atoms. The van der Waals surface area contributed by atoms with Crippen LogP contribution >= 0.6 is 11.6 Å². The maximum atomic E-state index is 12.1. The summed E-state index contributed by atoms with van der Waals surface area (Å²) in [7, 11) is 0. The molecule has 1 aliphatic heterocycles. The summed E-state index contributed by atoms with van der Waals surface area (Å²) in [5, 5.41) is 7.74. The Balaban J connectivity index is 1.63. The van der Waals surface area contributed by atoms with Crippen LogP contribution in [-0.4, -0.2) is 34.9 Å². The number of nitrogens with zero attached hydrogens (tertiary/aromatic N) is 2. The van der Waals surface area contributed by atoms with Gasteiger partial charge < -0.3 is 10.1 Å². The van der Waals surface area contributed by atoms with E-state index in [0.29, 0.717) is 17.1 Å². The summed E-state index contributed by atoms with van der Waals surface area (Å²) < 4.78 is 7.13. The lowest BCUT2D eigenvalue weighted by molar-refractivity contribution is 0.0858. The van der Waals surface area contributed by atoms with Crippen molar-refractivity contribution in [1.29, 1.82) is 0 Å². The highest BCUT2D eigenvalue weighted by atomic mass is 35.5. The van der Waals surface area contributed by atoms with Crippen LogP contribution in [0, 0.1) is 0 Å². The number of hydrogen-bond acceptors (Lipinski definition) is 3. The summed E-state index contributed by atoms with van der Waals surface area (Å²) in [6.45, 7) is 1.33. The Labute approximate surface area is 127 Å². The predicted molar refractivity (Wildman–Crippen MR) is 79.9 cm³/mol. The Bertz CT molecular complexity index is 618. The first-order chi connectivity index (χ1) is 10.2. The highest BCUT2D eigenvalue weighted by Gasteiger charge is 2.17. The largest absolute Gasteiger partial charge is 0.376 e. The lowest BCUT2D eigenvalue weighted by Gasteiger charge is -2.09. The Morgan fingerprint density at radius 2 is 2.24 bits per heavy atom. The van der Waals surface area contributed by atoms with Crippen molar-refractivity contribution in [2.45, 2.75) is 18.9 Å². The summed E-state index contributed by atoms with van der Waals surface area (Å²) in [5.74, 6) is -0.134. The number of carbonyl (C=O) groups is 1. The predicted octanol–water partition coefficient (Wildman–Crippen LogP) is 2.43. The van der Waals surface area contributed by atoms with E-state index in [4.69, 9.17) is 16.3 Å². The molecule has 1 aromatic carbocycles. The number of halogens is 1. The maximum Gasteiger partial charge on any atom is 0.254 e. The van der Waals surface area contributed by atoms with Gasteiger partial charge in [-0.15, -0.1) is 0 Å². The fraction of sp³-hybridized carbons (Fsp3) is 0.333. The molecule has 0 spiro atoms. The van der Waals surface area contributed by atoms with E-state index < -0.39 is 0 Å². The summed E-state index contributed by atoms with van der Waals surface area (Å²) in [6, 6.07) is 7.28. The van der Waals surface area contributed by atoms with E-state index in [9.17, 15) is 4.79 Å². The third-order valence-corrected chi connectivity index (χ3v) is 3.70. The Kier molecular flexibility index (Phi) is 4.22. The molecule has 1 fully saturated rings. The molecule has 2 aromatic rings. The van der Waals surface area contributed by atoms with Gasteiger partial charge in [0.15, 0.2) is 0 Å². The van der Waals surface area contributed by atoms with E-state index in [0.717, 1.165) is 25.1 Å². The molecule has 0 aliphatic carbocycles. The molecule has 0 saturated carbocycles. The molecule has 1 aromatic heterocycles. The normalized spacial score (nSPS) is 17.9. The van der Waals surface area contributed by atoms with Crippen LogP contribution in [0.25, 0.3) is 5.69 Å². The lowest BCUT2D eigenvalue weighted by Crippen LogP contribution is -2.31. The molecule has 21 heavy (non-hydrogen) atoms. The van der Waals surface area contributed by atoms with Gasteiger partial charge in [0.1, 0.15) is 0 Å². The molecule has 1 amide bonds. The van der Waals surface area contributed by atoms with Crippen LogP contribution in [0.2, 0.25) is 5.02 Å². The van der Waals surface area contributed by atoms with Crippen LogP contribution in [-0.2, 0) is 4.74 Å². The molecular formula is C15H16ClN3O2. The van der Waals surface area contributed by atoms with Gasteiger partial charge in [-0.2, -0.15) is 5.10 Å². The topological polar surface area (TPSA) is 56.1 Å². The third kappa shape index (κ3) is 3.43. The highest BCUT2D eigenvalue weighted by Crippen LogP contribution is 2.14. The first kappa shape index (κ1) is 14.1. The lowest BCUT2D eigenvalue weighted by atomic mass is 10.2. The molecule has 5 nitrogen and oxygen atoms in total. The number of benzene rings is 1. The van der Waals surface area contributed by atoms with Gasteiger partial charge >= 0.3 is 0 Å². The molecule has 1 unspecified atom stereocenters. The quantitative estimate of drug-likeness (QED) is 0.944. The minimum atomic E-state index is -0.134. The van der Waals surface area contributed by atoms with Gasteiger partial charge in [-0.25, -0.2) is 4.68 Å². The van der Waals surface area contributed by atoms with Crippen molar-refractivity contribution in [2.24, 2.45) is 0 Å². The van der Waals surface area contributed by atoms with Crippen LogP contribution in [0.5, 0.6) is 0 Å². The number of nitrogens with one attached hydrogen (secondary N) is 1. The molecule has 110 valence electrons. The van der Waals surface area contributed by atoms with E-state index in [2.05, 4.69) is 10.4 Å². The Morgan fingerprint density at radius 1 is 1.43 bits per heavy atom. The minimum Gasteiger partial charge on any atom is -0.376 e. The standard InChI is InChI=1S/C15H16ClN3O2/c16-12-3-5-13(6-4-12)19-10-11(8-18-19)15(20)17-9-14-2-1-7-21-14/h3-6,8,10,14H,1-2,7,9H2,(H,17,20). The van der Waals surface area contributed by atoms with E-state index in [-0.39, 0.29) is 12.0 Å². The summed E-state index contributed by atoms with van der Waals surface area (Å²) in [6.07, 6.45) is 5.47. The first-order valence-corrected chi connectivity index (χ1v) is 7.30. The fourth-order valence-electron chi connectivity index (χ4n) is 2.29. The SMILES string of the molecule is O=C(NCC1CCCO1)c1cnn(-c2ccc(Cl)cc2)c1. The van der Waals surface area contributed by atoms with E-state index in [1.165, 1.54) is 0 Å².